The molecule has 56 valence electrons. The highest BCUT2D eigenvalue weighted by Gasteiger charge is 1.81. The molecular weight excluding hydrogens is 122 g/mol. The van der Waals surface area contributed by atoms with Gasteiger partial charge in [-0.05, 0) is 27.0 Å². The zero-order valence-corrected chi connectivity index (χ0v) is 6.94. The summed E-state index contributed by atoms with van der Waals surface area (Å²) in [5.74, 6) is 0. The Hall–Kier alpha value is -0.850. The molecule has 1 heteroatoms. The molecule has 1 nitrogen and oxygen atoms in total. The monoisotopic (exact) mass is 137 g/mol. The van der Waals surface area contributed by atoms with Crippen molar-refractivity contribution in [2.24, 2.45) is 0 Å². The summed E-state index contributed by atoms with van der Waals surface area (Å²) in [5, 5.41) is 6.83. The van der Waals surface area contributed by atoms with E-state index in [1.165, 1.54) is 17.4 Å². The first-order valence-electron chi connectivity index (χ1n) is 3.46. The molecule has 0 unspecified atom stereocenters. The predicted octanol–water partition coefficient (Wildman–Crippen LogP) is 2.94. The summed E-state index contributed by atoms with van der Waals surface area (Å²) in [4.78, 5) is 0. The van der Waals surface area contributed by atoms with Crippen molar-refractivity contribution in [2.45, 2.75) is 27.2 Å². The number of rotatable bonds is 3. The molecule has 0 saturated heterocycles. The lowest BCUT2D eigenvalue weighted by molar-refractivity contribution is 1.26. The third-order valence-electron chi connectivity index (χ3n) is 1.13. The topological polar surface area (TPSA) is 23.9 Å². The Labute approximate surface area is 63.0 Å². The highest BCUT2D eigenvalue weighted by atomic mass is 14.3. The van der Waals surface area contributed by atoms with Crippen LogP contribution in [0.15, 0.2) is 23.3 Å². The summed E-state index contributed by atoms with van der Waals surface area (Å²) in [6.07, 6.45) is 6.31. The fourth-order valence-corrected chi connectivity index (χ4v) is 0.538. The van der Waals surface area contributed by atoms with Crippen LogP contribution in [-0.4, -0.2) is 6.21 Å². The predicted molar refractivity (Wildman–Crippen MR) is 46.6 cm³/mol. The van der Waals surface area contributed by atoms with Crippen LogP contribution in [0.3, 0.4) is 0 Å². The minimum absolute atomic E-state index is 0.768. The zero-order chi connectivity index (χ0) is 7.98. The third kappa shape index (κ3) is 5.29. The van der Waals surface area contributed by atoms with E-state index in [0.29, 0.717) is 0 Å². The summed E-state index contributed by atoms with van der Waals surface area (Å²) in [5.41, 5.74) is 2.53. The van der Waals surface area contributed by atoms with Gasteiger partial charge >= 0.3 is 0 Å². The highest BCUT2D eigenvalue weighted by molar-refractivity contribution is 5.57. The fourth-order valence-electron chi connectivity index (χ4n) is 0.538. The number of allylic oxidation sites excluding steroid dienone is 4. The molecule has 0 atom stereocenters. The van der Waals surface area contributed by atoms with Crippen molar-refractivity contribution in [3.05, 3.63) is 23.3 Å². The van der Waals surface area contributed by atoms with E-state index in [9.17, 15) is 0 Å². The van der Waals surface area contributed by atoms with Gasteiger partial charge in [0.15, 0.2) is 0 Å². The molecule has 0 aliphatic heterocycles. The lowest BCUT2D eigenvalue weighted by Crippen LogP contribution is -1.75. The maximum Gasteiger partial charge on any atom is 0.00305 e. The van der Waals surface area contributed by atoms with Crippen LogP contribution in [0.5, 0.6) is 0 Å². The molecule has 0 amide bonds. The van der Waals surface area contributed by atoms with Crippen molar-refractivity contribution in [1.29, 1.82) is 5.41 Å². The normalized spacial score (nSPS) is 10.9. The largest absolute Gasteiger partial charge is 0.313 e. The van der Waals surface area contributed by atoms with E-state index in [4.69, 9.17) is 5.41 Å². The van der Waals surface area contributed by atoms with Gasteiger partial charge in [0.05, 0.1) is 0 Å². The first-order valence-corrected chi connectivity index (χ1v) is 3.46. The van der Waals surface area contributed by atoms with E-state index in [2.05, 4.69) is 26.0 Å². The fraction of sp³-hybridized carbons (Fsp3) is 0.444. The van der Waals surface area contributed by atoms with Gasteiger partial charge in [0.1, 0.15) is 0 Å². The van der Waals surface area contributed by atoms with Crippen LogP contribution in [0.25, 0.3) is 0 Å². The number of hydrogen-bond donors (Lipinski definition) is 1. The zero-order valence-electron chi connectivity index (χ0n) is 6.94. The molecule has 0 aliphatic rings. The Morgan fingerprint density at radius 3 is 2.20 bits per heavy atom. The molecule has 0 aromatic rings. The van der Waals surface area contributed by atoms with Gasteiger partial charge in [-0.25, -0.2) is 0 Å². The van der Waals surface area contributed by atoms with Gasteiger partial charge < -0.3 is 5.41 Å². The summed E-state index contributed by atoms with van der Waals surface area (Å²) in [7, 11) is 0. The van der Waals surface area contributed by atoms with Crippen LogP contribution in [0.4, 0.5) is 0 Å². The molecule has 1 N–H and O–H groups in total. The van der Waals surface area contributed by atoms with Crippen molar-refractivity contribution in [1.82, 2.24) is 0 Å². The average molecular weight is 137 g/mol. The SMILES string of the molecule is CC(C)=C/C=C(/C)CC=N. The van der Waals surface area contributed by atoms with Crippen molar-refractivity contribution in [2.75, 3.05) is 0 Å². The second kappa shape index (κ2) is 4.98. The molecule has 0 saturated carbocycles. The Bertz CT molecular complexity index is 160. The Balaban J connectivity index is 3.91. The van der Waals surface area contributed by atoms with Gasteiger partial charge in [-0.3, -0.25) is 0 Å². The van der Waals surface area contributed by atoms with Crippen LogP contribution < -0.4 is 0 Å². The van der Waals surface area contributed by atoms with Crippen LogP contribution in [0.2, 0.25) is 0 Å². The molecule has 0 radical (unpaired) electrons. The van der Waals surface area contributed by atoms with Crippen LogP contribution in [0.1, 0.15) is 27.2 Å². The van der Waals surface area contributed by atoms with Crippen molar-refractivity contribution in [3.63, 3.8) is 0 Å². The summed E-state index contributed by atoms with van der Waals surface area (Å²) >= 11 is 0. The smallest absolute Gasteiger partial charge is 0.00305 e. The highest BCUT2D eigenvalue weighted by Crippen LogP contribution is 1.98. The Kier molecular flexibility index (Phi) is 4.55. The lowest BCUT2D eigenvalue weighted by atomic mass is 10.2. The van der Waals surface area contributed by atoms with E-state index in [-0.39, 0.29) is 0 Å². The molecule has 10 heavy (non-hydrogen) atoms. The molecular formula is C9H15N. The second-order valence-corrected chi connectivity index (χ2v) is 2.67. The van der Waals surface area contributed by atoms with E-state index in [0.717, 1.165) is 6.42 Å². The number of nitrogens with one attached hydrogen (secondary N) is 1. The lowest BCUT2D eigenvalue weighted by Gasteiger charge is -1.90. The summed E-state index contributed by atoms with van der Waals surface area (Å²) in [6.45, 7) is 6.16. The van der Waals surface area contributed by atoms with Crippen molar-refractivity contribution in [3.8, 4) is 0 Å². The van der Waals surface area contributed by atoms with Gasteiger partial charge in [-0.1, -0.05) is 23.3 Å². The van der Waals surface area contributed by atoms with E-state index >= 15 is 0 Å². The van der Waals surface area contributed by atoms with Crippen LogP contribution in [0, 0.1) is 5.41 Å². The van der Waals surface area contributed by atoms with E-state index < -0.39 is 0 Å². The van der Waals surface area contributed by atoms with Gasteiger partial charge in [0, 0.05) is 6.42 Å². The van der Waals surface area contributed by atoms with Crippen molar-refractivity contribution < 1.29 is 0 Å². The van der Waals surface area contributed by atoms with Gasteiger partial charge in [0.25, 0.3) is 0 Å². The summed E-state index contributed by atoms with van der Waals surface area (Å²) in [6, 6.07) is 0. The molecule has 0 spiro atoms. The average Bonchev–Trinajstić information content (AvgIpc) is 1.85. The van der Waals surface area contributed by atoms with Crippen LogP contribution in [-0.2, 0) is 0 Å². The molecule has 0 aromatic heterocycles. The van der Waals surface area contributed by atoms with Gasteiger partial charge in [-0.2, -0.15) is 0 Å². The Morgan fingerprint density at radius 1 is 1.20 bits per heavy atom. The summed E-state index contributed by atoms with van der Waals surface area (Å²) < 4.78 is 0. The quantitative estimate of drug-likeness (QED) is 0.457. The molecule has 0 heterocycles. The molecule has 0 rings (SSSR count). The molecule has 0 aliphatic carbocycles. The minimum atomic E-state index is 0.768. The van der Waals surface area contributed by atoms with Crippen LogP contribution >= 0.6 is 0 Å². The van der Waals surface area contributed by atoms with Gasteiger partial charge in [-0.15, -0.1) is 0 Å². The van der Waals surface area contributed by atoms with Crippen molar-refractivity contribution >= 4 is 6.21 Å². The first-order chi connectivity index (χ1) is 4.66. The van der Waals surface area contributed by atoms with E-state index in [1.54, 1.807) is 0 Å². The molecule has 0 aromatic carbocycles. The second-order valence-electron chi connectivity index (χ2n) is 2.67. The standard InChI is InChI=1S/C9H15N/c1-8(2)4-5-9(3)6-7-10/h4-5,7,10H,6H2,1-3H3/b9-5-,10-7?. The maximum atomic E-state index is 6.83. The Morgan fingerprint density at radius 2 is 1.80 bits per heavy atom. The van der Waals surface area contributed by atoms with E-state index in [1.807, 2.05) is 6.92 Å². The first kappa shape index (κ1) is 9.15. The molecule has 0 fully saturated rings. The molecule has 0 bridgehead atoms. The van der Waals surface area contributed by atoms with Gasteiger partial charge in [0.2, 0.25) is 0 Å². The minimum Gasteiger partial charge on any atom is -0.313 e. The maximum absolute atomic E-state index is 6.83. The third-order valence-corrected chi connectivity index (χ3v) is 1.13. The number of hydrogen-bond acceptors (Lipinski definition) is 1.